The highest BCUT2D eigenvalue weighted by atomic mass is 35.5. The van der Waals surface area contributed by atoms with Crippen LogP contribution in [-0.4, -0.2) is 21.5 Å². The number of aryl methyl sites for hydroxylation is 2. The fraction of sp³-hybridized carbons (Fsp3) is 0.211. The number of anilines is 5. The van der Waals surface area contributed by atoms with Crippen molar-refractivity contribution in [1.82, 2.24) is 15.0 Å². The van der Waals surface area contributed by atoms with E-state index < -0.39 is 0 Å². The monoisotopic (exact) mass is 368 g/mol. The van der Waals surface area contributed by atoms with E-state index in [1.807, 2.05) is 49.1 Å². The van der Waals surface area contributed by atoms with Crippen LogP contribution in [0.25, 0.3) is 0 Å². The minimum Gasteiger partial charge on any atom is -0.398 e. The van der Waals surface area contributed by atoms with Crippen LogP contribution in [0.15, 0.2) is 42.5 Å². The Bertz CT molecular complexity index is 910. The van der Waals surface area contributed by atoms with Crippen molar-refractivity contribution < 1.29 is 0 Å². The SMILES string of the molecule is CCN(c1ccc(C)cc1)c1nc(Cl)nc(Nc2ccc(C)c(N)c2)n1. The average molecular weight is 369 g/mol. The third-order valence-corrected chi connectivity index (χ3v) is 4.20. The van der Waals surface area contributed by atoms with Gasteiger partial charge in [0.25, 0.3) is 0 Å². The molecule has 134 valence electrons. The topological polar surface area (TPSA) is 80.0 Å². The van der Waals surface area contributed by atoms with Crippen LogP contribution in [0.2, 0.25) is 5.28 Å². The van der Waals surface area contributed by atoms with Gasteiger partial charge >= 0.3 is 0 Å². The molecule has 0 aliphatic rings. The first-order valence-corrected chi connectivity index (χ1v) is 8.73. The molecule has 0 aliphatic heterocycles. The molecule has 26 heavy (non-hydrogen) atoms. The van der Waals surface area contributed by atoms with Crippen molar-refractivity contribution in [3.05, 3.63) is 58.9 Å². The summed E-state index contributed by atoms with van der Waals surface area (Å²) in [7, 11) is 0. The van der Waals surface area contributed by atoms with E-state index in [4.69, 9.17) is 17.3 Å². The minimum atomic E-state index is 0.128. The van der Waals surface area contributed by atoms with Crippen molar-refractivity contribution in [3.8, 4) is 0 Å². The summed E-state index contributed by atoms with van der Waals surface area (Å²) in [5.74, 6) is 0.854. The van der Waals surface area contributed by atoms with Gasteiger partial charge in [-0.25, -0.2) is 0 Å². The molecule has 6 nitrogen and oxygen atoms in total. The molecule has 0 aliphatic carbocycles. The molecule has 3 rings (SSSR count). The normalized spacial score (nSPS) is 10.6. The molecule has 0 unspecified atom stereocenters. The van der Waals surface area contributed by atoms with E-state index in [1.165, 1.54) is 5.56 Å². The van der Waals surface area contributed by atoms with Crippen molar-refractivity contribution in [3.63, 3.8) is 0 Å². The molecule has 0 radical (unpaired) electrons. The summed E-state index contributed by atoms with van der Waals surface area (Å²) in [5.41, 5.74) is 10.7. The van der Waals surface area contributed by atoms with Crippen LogP contribution in [0, 0.1) is 13.8 Å². The Kier molecular flexibility index (Phi) is 5.23. The Labute approximate surface area is 158 Å². The minimum absolute atomic E-state index is 0.128. The van der Waals surface area contributed by atoms with Gasteiger partial charge in [0.15, 0.2) is 0 Å². The molecule has 0 saturated carbocycles. The van der Waals surface area contributed by atoms with Crippen LogP contribution >= 0.6 is 11.6 Å². The number of nitrogens with one attached hydrogen (secondary N) is 1. The number of nitrogens with two attached hydrogens (primary N) is 1. The van der Waals surface area contributed by atoms with Gasteiger partial charge in [-0.1, -0.05) is 23.8 Å². The molecular formula is C19H21ClN6. The average Bonchev–Trinajstić information content (AvgIpc) is 2.60. The lowest BCUT2D eigenvalue weighted by molar-refractivity contribution is 0.924. The van der Waals surface area contributed by atoms with Crippen molar-refractivity contribution in [2.75, 3.05) is 22.5 Å². The number of hydrogen-bond acceptors (Lipinski definition) is 6. The largest absolute Gasteiger partial charge is 0.398 e. The second-order valence-corrected chi connectivity index (χ2v) is 6.34. The van der Waals surface area contributed by atoms with E-state index in [0.29, 0.717) is 24.1 Å². The van der Waals surface area contributed by atoms with Crippen LogP contribution in [0.4, 0.5) is 29.0 Å². The van der Waals surface area contributed by atoms with Crippen molar-refractivity contribution in [2.24, 2.45) is 0 Å². The molecule has 3 N–H and O–H groups in total. The lowest BCUT2D eigenvalue weighted by Gasteiger charge is -2.21. The van der Waals surface area contributed by atoms with E-state index in [1.54, 1.807) is 0 Å². The summed E-state index contributed by atoms with van der Waals surface area (Å²) in [5, 5.41) is 3.27. The van der Waals surface area contributed by atoms with Gasteiger partial charge in [0.2, 0.25) is 17.2 Å². The fourth-order valence-corrected chi connectivity index (χ4v) is 2.68. The van der Waals surface area contributed by atoms with Gasteiger partial charge in [-0.2, -0.15) is 15.0 Å². The smallest absolute Gasteiger partial charge is 0.236 e. The molecule has 0 amide bonds. The predicted octanol–water partition coefficient (Wildman–Crippen LogP) is 4.63. The molecule has 7 heteroatoms. The molecule has 2 aromatic carbocycles. The van der Waals surface area contributed by atoms with Crippen LogP contribution in [0.5, 0.6) is 0 Å². The molecular weight excluding hydrogens is 348 g/mol. The van der Waals surface area contributed by atoms with E-state index in [9.17, 15) is 0 Å². The second-order valence-electron chi connectivity index (χ2n) is 6.00. The van der Waals surface area contributed by atoms with Gasteiger partial charge in [-0.3, -0.25) is 0 Å². The molecule has 3 aromatic rings. The molecule has 0 bridgehead atoms. The lowest BCUT2D eigenvalue weighted by Crippen LogP contribution is -2.19. The van der Waals surface area contributed by atoms with E-state index in [2.05, 4.69) is 39.3 Å². The number of rotatable bonds is 5. The zero-order chi connectivity index (χ0) is 18.7. The van der Waals surface area contributed by atoms with Gasteiger partial charge < -0.3 is 16.0 Å². The number of hydrogen-bond donors (Lipinski definition) is 2. The van der Waals surface area contributed by atoms with E-state index in [-0.39, 0.29) is 5.28 Å². The highest BCUT2D eigenvalue weighted by molar-refractivity contribution is 6.28. The van der Waals surface area contributed by atoms with Crippen molar-refractivity contribution in [1.29, 1.82) is 0 Å². The van der Waals surface area contributed by atoms with Gasteiger partial charge in [-0.05, 0) is 62.2 Å². The maximum Gasteiger partial charge on any atom is 0.236 e. The summed E-state index contributed by atoms with van der Waals surface area (Å²) in [6.45, 7) is 6.73. The van der Waals surface area contributed by atoms with Crippen LogP contribution in [0.3, 0.4) is 0 Å². The third kappa shape index (κ3) is 4.03. The third-order valence-electron chi connectivity index (χ3n) is 4.03. The Morgan fingerprint density at radius 1 is 1.04 bits per heavy atom. The van der Waals surface area contributed by atoms with Crippen LogP contribution in [0.1, 0.15) is 18.1 Å². The first kappa shape index (κ1) is 17.9. The Morgan fingerprint density at radius 3 is 2.42 bits per heavy atom. The van der Waals surface area contributed by atoms with Gasteiger partial charge in [0, 0.05) is 23.6 Å². The zero-order valence-electron chi connectivity index (χ0n) is 15.0. The van der Waals surface area contributed by atoms with E-state index in [0.717, 1.165) is 16.9 Å². The van der Waals surface area contributed by atoms with Gasteiger partial charge in [0.1, 0.15) is 0 Å². The first-order valence-electron chi connectivity index (χ1n) is 8.35. The molecule has 1 heterocycles. The maximum absolute atomic E-state index is 6.13. The Morgan fingerprint density at radius 2 is 1.77 bits per heavy atom. The summed E-state index contributed by atoms with van der Waals surface area (Å²) in [6.07, 6.45) is 0. The quantitative estimate of drug-likeness (QED) is 0.639. The summed E-state index contributed by atoms with van der Waals surface area (Å²) < 4.78 is 0. The van der Waals surface area contributed by atoms with E-state index >= 15 is 0 Å². The first-order chi connectivity index (χ1) is 12.5. The molecule has 0 spiro atoms. The van der Waals surface area contributed by atoms with Crippen LogP contribution < -0.4 is 16.0 Å². The lowest BCUT2D eigenvalue weighted by atomic mass is 10.2. The van der Waals surface area contributed by atoms with Crippen molar-refractivity contribution >= 4 is 40.6 Å². The number of nitrogen functional groups attached to an aromatic ring is 1. The molecule has 0 saturated heterocycles. The van der Waals surface area contributed by atoms with Gasteiger partial charge in [-0.15, -0.1) is 0 Å². The van der Waals surface area contributed by atoms with Gasteiger partial charge in [0.05, 0.1) is 0 Å². The zero-order valence-corrected chi connectivity index (χ0v) is 15.7. The fourth-order valence-electron chi connectivity index (χ4n) is 2.53. The molecule has 0 atom stereocenters. The highest BCUT2D eigenvalue weighted by Crippen LogP contribution is 2.25. The van der Waals surface area contributed by atoms with Crippen LogP contribution in [-0.2, 0) is 0 Å². The number of halogens is 1. The summed E-state index contributed by atoms with van der Waals surface area (Å²) in [4.78, 5) is 14.9. The second kappa shape index (κ2) is 7.58. The number of aromatic nitrogens is 3. The molecule has 0 fully saturated rings. The van der Waals surface area contributed by atoms with Crippen molar-refractivity contribution in [2.45, 2.75) is 20.8 Å². The standard InChI is InChI=1S/C19H21ClN6/c1-4-26(15-9-5-12(2)6-10-15)19-24-17(20)23-18(25-19)22-14-8-7-13(3)16(21)11-14/h5-11H,4,21H2,1-3H3,(H,22,23,24,25). The molecule has 1 aromatic heterocycles. The summed E-state index contributed by atoms with van der Waals surface area (Å²) in [6, 6.07) is 13.9. The Hall–Kier alpha value is -2.86. The highest BCUT2D eigenvalue weighted by Gasteiger charge is 2.14. The number of nitrogens with zero attached hydrogens (tertiary/aromatic N) is 4. The maximum atomic E-state index is 6.13. The number of benzene rings is 2. The summed E-state index contributed by atoms with van der Waals surface area (Å²) >= 11 is 6.13. The Balaban J connectivity index is 1.93. The predicted molar refractivity (Wildman–Crippen MR) is 108 cm³/mol.